The predicted octanol–water partition coefficient (Wildman–Crippen LogP) is 6.93. The lowest BCUT2D eigenvalue weighted by molar-refractivity contribution is 0.0986. The van der Waals surface area contributed by atoms with Crippen LogP contribution in [0.2, 0.25) is 0 Å². The van der Waals surface area contributed by atoms with Crippen LogP contribution in [0.25, 0.3) is 10.2 Å². The summed E-state index contributed by atoms with van der Waals surface area (Å²) in [6.45, 7) is 5.43. The molecule has 1 aliphatic carbocycles. The van der Waals surface area contributed by atoms with Crippen LogP contribution in [-0.4, -0.2) is 58.3 Å². The number of amides is 2. The molecule has 1 saturated heterocycles. The molecule has 0 spiro atoms. The highest BCUT2D eigenvalue weighted by molar-refractivity contribution is 7.17. The lowest BCUT2D eigenvalue weighted by atomic mass is 10.1. The first-order chi connectivity index (χ1) is 21.0. The Hall–Kier alpha value is -4.02. The second-order valence-corrected chi connectivity index (χ2v) is 12.1. The fourth-order valence-corrected chi connectivity index (χ4v) is 7.00. The lowest BCUT2D eigenvalue weighted by Crippen LogP contribution is -2.30. The number of piperidine rings is 1. The van der Waals surface area contributed by atoms with E-state index in [-0.39, 0.29) is 23.7 Å². The van der Waals surface area contributed by atoms with Gasteiger partial charge in [0, 0.05) is 29.7 Å². The van der Waals surface area contributed by atoms with E-state index in [0.717, 1.165) is 56.6 Å². The van der Waals surface area contributed by atoms with Crippen molar-refractivity contribution in [3.63, 3.8) is 0 Å². The molecule has 4 aromatic rings. The number of likely N-dealkylation sites (tertiary alicyclic amines) is 1. The van der Waals surface area contributed by atoms with E-state index in [1.807, 2.05) is 61.5 Å². The molecule has 0 bridgehead atoms. The summed E-state index contributed by atoms with van der Waals surface area (Å²) in [5.74, 6) is -0.434. The number of hydrogen-bond acceptors (Lipinski definition) is 7. The molecule has 0 atom stereocenters. The number of benzene rings is 2. The molecule has 10 heteroatoms. The van der Waals surface area contributed by atoms with Gasteiger partial charge in [-0.1, -0.05) is 36.8 Å². The van der Waals surface area contributed by atoms with Crippen LogP contribution in [0.15, 0.2) is 60.0 Å². The Morgan fingerprint density at radius 2 is 1.70 bits per heavy atom. The largest absolute Gasteiger partial charge is 0.445 e. The number of aromatic nitrogens is 2. The van der Waals surface area contributed by atoms with Crippen molar-refractivity contribution in [3.05, 3.63) is 76.7 Å². The SMILES string of the molecule is CCN(C(=O)c1csc2c1c(NC(=O)c1ccc(CN3CCCCC3)cc1)nn2C(=O)OC1CCCC1)c1ccccc1. The molecule has 1 N–H and O–H groups in total. The molecule has 2 aromatic heterocycles. The fourth-order valence-electron chi connectivity index (χ4n) is 6.01. The third-order valence-corrected chi connectivity index (χ3v) is 9.26. The Bertz CT molecular complexity index is 1580. The van der Waals surface area contributed by atoms with Crippen LogP contribution in [-0.2, 0) is 11.3 Å². The molecule has 1 aliphatic heterocycles. The van der Waals surface area contributed by atoms with Crippen molar-refractivity contribution in [2.24, 2.45) is 0 Å². The Balaban J connectivity index is 1.29. The average Bonchev–Trinajstić information content (AvgIpc) is 3.78. The number of nitrogens with zero attached hydrogens (tertiary/aromatic N) is 4. The summed E-state index contributed by atoms with van der Waals surface area (Å²) in [6, 6.07) is 17.0. The molecule has 43 heavy (non-hydrogen) atoms. The van der Waals surface area contributed by atoms with Gasteiger partial charge in [-0.15, -0.1) is 16.4 Å². The number of carbonyl (C=O) groups excluding carboxylic acids is 3. The van der Waals surface area contributed by atoms with E-state index in [4.69, 9.17) is 4.74 Å². The maximum Gasteiger partial charge on any atom is 0.436 e. The Morgan fingerprint density at radius 1 is 0.977 bits per heavy atom. The van der Waals surface area contributed by atoms with Gasteiger partial charge in [-0.05, 0) is 88.4 Å². The highest BCUT2D eigenvalue weighted by atomic mass is 32.1. The molecule has 1 saturated carbocycles. The van der Waals surface area contributed by atoms with Crippen LogP contribution in [0.1, 0.15) is 78.1 Å². The summed E-state index contributed by atoms with van der Waals surface area (Å²) in [5, 5.41) is 9.55. The van der Waals surface area contributed by atoms with Crippen molar-refractivity contribution in [2.45, 2.75) is 64.5 Å². The molecule has 2 aliphatic rings. The third-order valence-electron chi connectivity index (χ3n) is 8.31. The minimum absolute atomic E-state index is 0.150. The van der Waals surface area contributed by atoms with Gasteiger partial charge in [-0.25, -0.2) is 4.79 Å². The number of carbonyl (C=O) groups is 3. The molecular weight excluding hydrogens is 562 g/mol. The van der Waals surface area contributed by atoms with Gasteiger partial charge in [-0.3, -0.25) is 14.5 Å². The highest BCUT2D eigenvalue weighted by Crippen LogP contribution is 2.35. The third kappa shape index (κ3) is 6.35. The standard InChI is InChI=1S/C33H37N5O4S/c1-2-37(25-11-5-3-6-12-25)31(40)27-22-43-32-28(27)29(35-38(32)33(41)42-26-13-7-8-14-26)34-30(39)24-17-15-23(16-18-24)21-36-19-9-4-10-20-36/h3,5-6,11-12,15-18,22,26H,2,4,7-10,13-14,19-21H2,1H3,(H,34,35,39). The van der Waals surface area contributed by atoms with Crippen LogP contribution < -0.4 is 10.2 Å². The van der Waals surface area contributed by atoms with E-state index in [0.29, 0.717) is 27.9 Å². The molecule has 2 amide bonds. The zero-order valence-corrected chi connectivity index (χ0v) is 25.3. The average molecular weight is 600 g/mol. The fraction of sp³-hybridized carbons (Fsp3) is 0.394. The number of nitrogens with one attached hydrogen (secondary N) is 1. The number of anilines is 2. The summed E-state index contributed by atoms with van der Waals surface area (Å²) < 4.78 is 6.93. The number of hydrogen-bond donors (Lipinski definition) is 1. The zero-order chi connectivity index (χ0) is 29.8. The summed E-state index contributed by atoms with van der Waals surface area (Å²) in [6.07, 6.45) is 6.68. The van der Waals surface area contributed by atoms with E-state index in [1.54, 1.807) is 10.3 Å². The van der Waals surface area contributed by atoms with Crippen molar-refractivity contribution in [2.75, 3.05) is 29.9 Å². The first-order valence-electron chi connectivity index (χ1n) is 15.2. The van der Waals surface area contributed by atoms with Gasteiger partial charge >= 0.3 is 6.09 Å². The highest BCUT2D eigenvalue weighted by Gasteiger charge is 2.29. The van der Waals surface area contributed by atoms with Gasteiger partial charge in [-0.2, -0.15) is 4.68 Å². The van der Waals surface area contributed by atoms with Gasteiger partial charge in [0.15, 0.2) is 5.82 Å². The molecule has 224 valence electrons. The van der Waals surface area contributed by atoms with Crippen molar-refractivity contribution >= 4 is 51.0 Å². The number of ether oxygens (including phenoxy) is 1. The normalized spacial score (nSPS) is 15.9. The van der Waals surface area contributed by atoms with Crippen molar-refractivity contribution in [3.8, 4) is 0 Å². The van der Waals surface area contributed by atoms with Crippen molar-refractivity contribution in [1.82, 2.24) is 14.7 Å². The summed E-state index contributed by atoms with van der Waals surface area (Å²) in [5.41, 5.74) is 2.77. The van der Waals surface area contributed by atoms with Crippen LogP contribution in [0.5, 0.6) is 0 Å². The Morgan fingerprint density at radius 3 is 2.40 bits per heavy atom. The topological polar surface area (TPSA) is 96.8 Å². The molecule has 3 heterocycles. The first kappa shape index (κ1) is 29.1. The second-order valence-electron chi connectivity index (χ2n) is 11.3. The molecule has 0 radical (unpaired) electrons. The van der Waals surface area contributed by atoms with Crippen molar-refractivity contribution in [1.29, 1.82) is 0 Å². The Kier molecular flexibility index (Phi) is 8.85. The minimum atomic E-state index is -0.601. The van der Waals surface area contributed by atoms with Crippen LogP contribution >= 0.6 is 11.3 Å². The number of thiophene rings is 1. The second kappa shape index (κ2) is 13.1. The predicted molar refractivity (Wildman–Crippen MR) is 169 cm³/mol. The molecule has 9 nitrogen and oxygen atoms in total. The van der Waals surface area contributed by atoms with E-state index in [2.05, 4.69) is 15.3 Å². The van der Waals surface area contributed by atoms with Gasteiger partial charge in [0.2, 0.25) is 0 Å². The maximum absolute atomic E-state index is 13.9. The van der Waals surface area contributed by atoms with Crippen molar-refractivity contribution < 1.29 is 19.1 Å². The van der Waals surface area contributed by atoms with Gasteiger partial charge < -0.3 is 15.0 Å². The number of fused-ring (bicyclic) bond motifs is 1. The summed E-state index contributed by atoms with van der Waals surface area (Å²) in [4.78, 5) is 45.2. The number of para-hydroxylation sites is 1. The Labute approximate surface area is 255 Å². The first-order valence-corrected chi connectivity index (χ1v) is 16.1. The quantitative estimate of drug-likeness (QED) is 0.236. The van der Waals surface area contributed by atoms with Gasteiger partial charge in [0.05, 0.1) is 10.9 Å². The molecule has 0 unspecified atom stereocenters. The lowest BCUT2D eigenvalue weighted by Gasteiger charge is -2.26. The maximum atomic E-state index is 13.9. The number of rotatable bonds is 8. The van der Waals surface area contributed by atoms with E-state index in [1.165, 1.54) is 35.3 Å². The van der Waals surface area contributed by atoms with E-state index >= 15 is 0 Å². The van der Waals surface area contributed by atoms with Crippen LogP contribution in [0, 0.1) is 0 Å². The van der Waals surface area contributed by atoms with E-state index < -0.39 is 6.09 Å². The summed E-state index contributed by atoms with van der Waals surface area (Å²) >= 11 is 1.24. The molecule has 2 aromatic carbocycles. The van der Waals surface area contributed by atoms with Crippen LogP contribution in [0.4, 0.5) is 16.3 Å². The monoisotopic (exact) mass is 599 g/mol. The molecular formula is C33H37N5O4S. The minimum Gasteiger partial charge on any atom is -0.445 e. The zero-order valence-electron chi connectivity index (χ0n) is 24.5. The van der Waals surface area contributed by atoms with Crippen LogP contribution in [0.3, 0.4) is 0 Å². The molecule has 6 rings (SSSR count). The summed E-state index contributed by atoms with van der Waals surface area (Å²) in [7, 11) is 0. The van der Waals surface area contributed by atoms with Gasteiger partial charge in [0.25, 0.3) is 11.8 Å². The van der Waals surface area contributed by atoms with Gasteiger partial charge in [0.1, 0.15) is 10.9 Å². The molecule has 2 fully saturated rings. The smallest absolute Gasteiger partial charge is 0.436 e. The van der Waals surface area contributed by atoms with E-state index in [9.17, 15) is 14.4 Å².